The Morgan fingerprint density at radius 3 is 2.92 bits per heavy atom. The Morgan fingerprint density at radius 1 is 1.40 bits per heavy atom. The van der Waals surface area contributed by atoms with Crippen molar-refractivity contribution in [1.82, 2.24) is 9.88 Å². The van der Waals surface area contributed by atoms with E-state index in [9.17, 15) is 5.11 Å². The van der Waals surface area contributed by atoms with Crippen molar-refractivity contribution in [3.05, 3.63) is 48.7 Å². The Bertz CT molecular complexity index is 746. The number of aliphatic hydroxyl groups excluding tert-OH is 1. The highest BCUT2D eigenvalue weighted by Gasteiger charge is 2.31. The molecular formula is C21H28N2O2. The van der Waals surface area contributed by atoms with Gasteiger partial charge in [-0.3, -0.25) is 9.88 Å². The minimum Gasteiger partial charge on any atom is -0.497 e. The van der Waals surface area contributed by atoms with E-state index in [2.05, 4.69) is 36.4 Å². The highest BCUT2D eigenvalue weighted by atomic mass is 16.5. The van der Waals surface area contributed by atoms with Crippen LogP contribution in [0.25, 0.3) is 10.9 Å². The molecule has 1 aliphatic rings. The maximum atomic E-state index is 11.1. The summed E-state index contributed by atoms with van der Waals surface area (Å²) in [6.07, 6.45) is 4.39. The molecule has 3 rings (SSSR count). The summed E-state index contributed by atoms with van der Waals surface area (Å²) in [6, 6.07) is 7.74. The van der Waals surface area contributed by atoms with Gasteiger partial charge in [-0.15, -0.1) is 6.58 Å². The zero-order valence-electron chi connectivity index (χ0n) is 15.4. The van der Waals surface area contributed by atoms with Gasteiger partial charge < -0.3 is 9.84 Å². The molecule has 4 nitrogen and oxygen atoms in total. The standard InChI is InChI=1S/C21H28N2O2/c1-5-16-13-23(11-9-14(16)2)15(3)21(24)18-8-10-22-20-7-6-17(25-4)12-19(18)20/h5-8,10,12,14-16,21,24H,1,9,11,13H2,2-4H3/t14?,15?,16?,21-/m0/s1. The zero-order chi connectivity index (χ0) is 18.0. The van der Waals surface area contributed by atoms with E-state index in [-0.39, 0.29) is 6.04 Å². The number of nitrogens with zero attached hydrogens (tertiary/aromatic N) is 2. The van der Waals surface area contributed by atoms with Crippen LogP contribution < -0.4 is 4.74 Å². The van der Waals surface area contributed by atoms with E-state index in [0.29, 0.717) is 11.8 Å². The summed E-state index contributed by atoms with van der Waals surface area (Å²) < 4.78 is 5.34. The third kappa shape index (κ3) is 3.55. The van der Waals surface area contributed by atoms with Gasteiger partial charge in [0, 0.05) is 24.2 Å². The number of aromatic nitrogens is 1. The number of hydrogen-bond acceptors (Lipinski definition) is 4. The van der Waals surface area contributed by atoms with Gasteiger partial charge in [0.15, 0.2) is 0 Å². The van der Waals surface area contributed by atoms with Crippen LogP contribution in [0.15, 0.2) is 43.1 Å². The Morgan fingerprint density at radius 2 is 2.20 bits per heavy atom. The van der Waals surface area contributed by atoms with Crippen molar-refractivity contribution < 1.29 is 9.84 Å². The van der Waals surface area contributed by atoms with Crippen LogP contribution >= 0.6 is 0 Å². The van der Waals surface area contributed by atoms with Crippen LogP contribution in [0.3, 0.4) is 0 Å². The number of rotatable bonds is 5. The molecule has 1 aromatic heterocycles. The van der Waals surface area contributed by atoms with E-state index in [0.717, 1.165) is 41.7 Å². The molecule has 3 unspecified atom stereocenters. The molecule has 0 amide bonds. The molecular weight excluding hydrogens is 312 g/mol. The number of aliphatic hydroxyl groups is 1. The predicted octanol–water partition coefficient (Wildman–Crippen LogP) is 3.81. The molecule has 0 spiro atoms. The van der Waals surface area contributed by atoms with Crippen molar-refractivity contribution in [3.8, 4) is 5.75 Å². The SMILES string of the molecule is C=CC1CN(C(C)[C@H](O)c2ccnc3ccc(OC)cc23)CCC1C. The monoisotopic (exact) mass is 340 g/mol. The van der Waals surface area contributed by atoms with Gasteiger partial charge in [0.1, 0.15) is 5.75 Å². The number of likely N-dealkylation sites (tertiary alicyclic amines) is 1. The van der Waals surface area contributed by atoms with Gasteiger partial charge >= 0.3 is 0 Å². The van der Waals surface area contributed by atoms with Crippen molar-refractivity contribution in [2.75, 3.05) is 20.2 Å². The summed E-state index contributed by atoms with van der Waals surface area (Å²) in [5.41, 5.74) is 1.78. The fraction of sp³-hybridized carbons (Fsp3) is 0.476. The predicted molar refractivity (Wildman–Crippen MR) is 102 cm³/mol. The van der Waals surface area contributed by atoms with E-state index in [4.69, 9.17) is 4.74 Å². The lowest BCUT2D eigenvalue weighted by atomic mass is 9.85. The number of fused-ring (bicyclic) bond motifs is 1. The Labute approximate surface area is 150 Å². The van der Waals surface area contributed by atoms with Crippen molar-refractivity contribution in [1.29, 1.82) is 0 Å². The highest BCUT2D eigenvalue weighted by molar-refractivity contribution is 5.83. The number of pyridine rings is 1. The Balaban J connectivity index is 1.88. The largest absolute Gasteiger partial charge is 0.497 e. The molecule has 25 heavy (non-hydrogen) atoms. The van der Waals surface area contributed by atoms with E-state index in [1.165, 1.54) is 0 Å². The van der Waals surface area contributed by atoms with Crippen LogP contribution in [-0.4, -0.2) is 41.2 Å². The van der Waals surface area contributed by atoms with Crippen LogP contribution in [0.2, 0.25) is 0 Å². The van der Waals surface area contributed by atoms with Crippen molar-refractivity contribution in [2.24, 2.45) is 11.8 Å². The average Bonchev–Trinajstić information content (AvgIpc) is 2.66. The molecule has 2 heterocycles. The normalized spacial score (nSPS) is 24.0. The molecule has 0 bridgehead atoms. The number of piperidine rings is 1. The Hall–Kier alpha value is -1.91. The molecule has 1 fully saturated rings. The molecule has 1 aromatic carbocycles. The molecule has 0 aliphatic carbocycles. The van der Waals surface area contributed by atoms with Gasteiger partial charge in [-0.2, -0.15) is 0 Å². The quantitative estimate of drug-likeness (QED) is 0.841. The number of ether oxygens (including phenoxy) is 1. The van der Waals surface area contributed by atoms with Gasteiger partial charge in [0.05, 0.1) is 18.7 Å². The highest BCUT2D eigenvalue weighted by Crippen LogP contribution is 2.32. The lowest BCUT2D eigenvalue weighted by Crippen LogP contribution is -2.46. The summed E-state index contributed by atoms with van der Waals surface area (Å²) >= 11 is 0. The topological polar surface area (TPSA) is 45.6 Å². The fourth-order valence-electron chi connectivity index (χ4n) is 3.79. The van der Waals surface area contributed by atoms with E-state index < -0.39 is 6.10 Å². The van der Waals surface area contributed by atoms with Crippen molar-refractivity contribution >= 4 is 10.9 Å². The van der Waals surface area contributed by atoms with Gasteiger partial charge in [0.25, 0.3) is 0 Å². The first kappa shape index (κ1) is 17.9. The van der Waals surface area contributed by atoms with Gasteiger partial charge in [-0.05, 0) is 61.6 Å². The third-order valence-corrected chi connectivity index (χ3v) is 5.68. The molecule has 4 atom stereocenters. The minimum absolute atomic E-state index is 0.0340. The van der Waals surface area contributed by atoms with Gasteiger partial charge in [-0.25, -0.2) is 0 Å². The molecule has 1 saturated heterocycles. The Kier molecular flexibility index (Phi) is 5.40. The van der Waals surface area contributed by atoms with Gasteiger partial charge in [-0.1, -0.05) is 13.0 Å². The maximum absolute atomic E-state index is 11.1. The second-order valence-corrected chi connectivity index (χ2v) is 7.13. The lowest BCUT2D eigenvalue weighted by Gasteiger charge is -2.40. The average molecular weight is 340 g/mol. The first-order valence-electron chi connectivity index (χ1n) is 9.02. The molecule has 0 saturated carbocycles. The van der Waals surface area contributed by atoms with Gasteiger partial charge in [0.2, 0.25) is 0 Å². The van der Waals surface area contributed by atoms with Crippen molar-refractivity contribution in [3.63, 3.8) is 0 Å². The maximum Gasteiger partial charge on any atom is 0.119 e. The number of benzene rings is 1. The van der Waals surface area contributed by atoms with Crippen molar-refractivity contribution in [2.45, 2.75) is 32.4 Å². The number of hydrogen-bond donors (Lipinski definition) is 1. The second-order valence-electron chi connectivity index (χ2n) is 7.13. The number of methoxy groups -OCH3 is 1. The first-order chi connectivity index (χ1) is 12.0. The van der Waals surface area contributed by atoms with Crippen LogP contribution in [0.1, 0.15) is 31.9 Å². The molecule has 134 valence electrons. The summed E-state index contributed by atoms with van der Waals surface area (Å²) in [6.45, 7) is 10.3. The van der Waals surface area contributed by atoms with Crippen LogP contribution in [0.4, 0.5) is 0 Å². The van der Waals surface area contributed by atoms with Crippen LogP contribution in [-0.2, 0) is 0 Å². The molecule has 1 aliphatic heterocycles. The van der Waals surface area contributed by atoms with Crippen LogP contribution in [0, 0.1) is 11.8 Å². The lowest BCUT2D eigenvalue weighted by molar-refractivity contribution is 0.0277. The van der Waals surface area contributed by atoms with E-state index in [1.54, 1.807) is 13.3 Å². The molecule has 1 N–H and O–H groups in total. The summed E-state index contributed by atoms with van der Waals surface area (Å²) in [4.78, 5) is 6.79. The fourth-order valence-corrected chi connectivity index (χ4v) is 3.79. The van der Waals surface area contributed by atoms with E-state index in [1.807, 2.05) is 24.3 Å². The molecule has 2 aromatic rings. The smallest absolute Gasteiger partial charge is 0.119 e. The van der Waals surface area contributed by atoms with E-state index >= 15 is 0 Å². The summed E-state index contributed by atoms with van der Waals surface area (Å²) in [7, 11) is 1.65. The second kappa shape index (κ2) is 7.54. The minimum atomic E-state index is -0.573. The summed E-state index contributed by atoms with van der Waals surface area (Å²) in [5.74, 6) is 1.92. The first-order valence-corrected chi connectivity index (χ1v) is 9.02. The summed E-state index contributed by atoms with van der Waals surface area (Å²) in [5, 5.41) is 12.0. The molecule has 0 radical (unpaired) electrons. The zero-order valence-corrected chi connectivity index (χ0v) is 15.4. The molecule has 4 heteroatoms. The van der Waals surface area contributed by atoms with Crippen LogP contribution in [0.5, 0.6) is 5.75 Å². The third-order valence-electron chi connectivity index (χ3n) is 5.68.